The maximum Gasteiger partial charge on any atom is 0.407 e. The molecule has 0 aliphatic rings. The number of hydrogen-bond donors (Lipinski definition) is 1. The number of alkyl carbamates (subject to hydrolysis) is 1. The van der Waals surface area contributed by atoms with E-state index in [4.69, 9.17) is 14.2 Å². The first kappa shape index (κ1) is 27.2. The topological polar surface area (TPSA) is 91.7 Å². The number of hydrogen-bond acceptors (Lipinski definition) is 6. The van der Waals surface area contributed by atoms with Gasteiger partial charge in [0.15, 0.2) is 11.5 Å². The maximum atomic E-state index is 13.3. The van der Waals surface area contributed by atoms with Crippen LogP contribution in [0, 0.1) is 12.8 Å². The highest BCUT2D eigenvalue weighted by Gasteiger charge is 2.23. The first-order valence-corrected chi connectivity index (χ1v) is 11.8. The summed E-state index contributed by atoms with van der Waals surface area (Å²) in [6.45, 7) is 7.87. The molecule has 2 aromatic heterocycles. The fourth-order valence-corrected chi connectivity index (χ4v) is 4.08. The van der Waals surface area contributed by atoms with Crippen LogP contribution in [0.5, 0.6) is 11.5 Å². The Morgan fingerprint density at radius 3 is 2.47 bits per heavy atom. The molecule has 0 saturated carbocycles. The summed E-state index contributed by atoms with van der Waals surface area (Å²) in [6, 6.07) is 4.16. The lowest BCUT2D eigenvalue weighted by atomic mass is 10.0. The van der Waals surface area contributed by atoms with E-state index in [0.29, 0.717) is 33.8 Å². The van der Waals surface area contributed by atoms with Crippen LogP contribution in [0.3, 0.4) is 0 Å². The lowest BCUT2D eigenvalue weighted by Crippen LogP contribution is -2.42. The molecule has 1 amide bonds. The molecule has 1 N–H and O–H groups in total. The zero-order valence-corrected chi connectivity index (χ0v) is 21.6. The number of halogens is 2. The summed E-state index contributed by atoms with van der Waals surface area (Å²) in [6.07, 6.45) is 1.53. The molecule has 0 saturated heterocycles. The summed E-state index contributed by atoms with van der Waals surface area (Å²) in [5.41, 5.74) is 0.0817. The number of fused-ring (bicyclic) bond motifs is 3. The Balaban J connectivity index is 2.02. The molecule has 0 spiro atoms. The van der Waals surface area contributed by atoms with Gasteiger partial charge in [-0.3, -0.25) is 9.78 Å². The Bertz CT molecular complexity index is 1320. The number of pyridine rings is 2. The van der Waals surface area contributed by atoms with Crippen LogP contribution in [0.4, 0.5) is 13.6 Å². The van der Waals surface area contributed by atoms with Crippen LogP contribution >= 0.6 is 0 Å². The van der Waals surface area contributed by atoms with Crippen molar-refractivity contribution in [3.05, 3.63) is 40.4 Å². The van der Waals surface area contributed by atoms with E-state index < -0.39 is 24.3 Å². The van der Waals surface area contributed by atoms with Gasteiger partial charge in [-0.2, -0.15) is 8.78 Å². The molecular weight excluding hydrogens is 472 g/mol. The quantitative estimate of drug-likeness (QED) is 0.417. The van der Waals surface area contributed by atoms with Gasteiger partial charge in [0.2, 0.25) is 0 Å². The smallest absolute Gasteiger partial charge is 0.407 e. The van der Waals surface area contributed by atoms with Crippen molar-refractivity contribution in [1.82, 2.24) is 14.9 Å². The fourth-order valence-electron chi connectivity index (χ4n) is 4.08. The Labute approximate surface area is 208 Å². The van der Waals surface area contributed by atoms with Crippen molar-refractivity contribution < 1.29 is 27.8 Å². The number of aryl methyl sites for hydroxylation is 2. The number of carbonyl (C=O) groups is 1. The SMILES string of the molecule is Cc1nccc2c1c(=O)n(C)c1cc(OC[C@H](CC(C)C)NC(=O)OC(C)(C)C)c(OC(F)F)cc21. The Morgan fingerprint density at radius 2 is 1.86 bits per heavy atom. The highest BCUT2D eigenvalue weighted by Crippen LogP contribution is 2.36. The van der Waals surface area contributed by atoms with Crippen LogP contribution in [-0.4, -0.2) is 40.5 Å². The number of ether oxygens (including phenoxy) is 3. The van der Waals surface area contributed by atoms with Gasteiger partial charge < -0.3 is 24.1 Å². The van der Waals surface area contributed by atoms with Crippen molar-refractivity contribution >= 4 is 27.8 Å². The van der Waals surface area contributed by atoms with E-state index in [1.807, 2.05) is 13.8 Å². The number of rotatable bonds is 8. The molecule has 36 heavy (non-hydrogen) atoms. The van der Waals surface area contributed by atoms with Crippen LogP contribution in [0.15, 0.2) is 29.2 Å². The number of nitrogens with zero attached hydrogens (tertiary/aromatic N) is 2. The lowest BCUT2D eigenvalue weighted by Gasteiger charge is -2.25. The summed E-state index contributed by atoms with van der Waals surface area (Å²) in [5, 5.41) is 4.32. The zero-order valence-electron chi connectivity index (χ0n) is 21.6. The van der Waals surface area contributed by atoms with Gasteiger partial charge in [0.05, 0.1) is 22.6 Å². The fraction of sp³-hybridized carbons (Fsp3) is 0.500. The number of carbonyl (C=O) groups excluding carboxylic acids is 1. The van der Waals surface area contributed by atoms with Crippen LogP contribution < -0.4 is 20.3 Å². The van der Waals surface area contributed by atoms with Gasteiger partial charge in [-0.1, -0.05) is 13.8 Å². The monoisotopic (exact) mass is 505 g/mol. The summed E-state index contributed by atoms with van der Waals surface area (Å²) < 4.78 is 44.1. The van der Waals surface area contributed by atoms with Crippen molar-refractivity contribution in [3.8, 4) is 11.5 Å². The highest BCUT2D eigenvalue weighted by molar-refractivity contribution is 6.07. The second-order valence-electron chi connectivity index (χ2n) is 10.2. The molecule has 0 aliphatic heterocycles. The number of aromatic nitrogens is 2. The predicted molar refractivity (Wildman–Crippen MR) is 134 cm³/mol. The third-order valence-electron chi connectivity index (χ3n) is 5.51. The van der Waals surface area contributed by atoms with Gasteiger partial charge in [0.1, 0.15) is 12.2 Å². The minimum absolute atomic E-state index is 0.0208. The van der Waals surface area contributed by atoms with E-state index in [0.717, 1.165) is 0 Å². The average Bonchev–Trinajstić information content (AvgIpc) is 2.73. The van der Waals surface area contributed by atoms with Gasteiger partial charge in [-0.05, 0) is 52.2 Å². The Hall–Kier alpha value is -3.43. The molecule has 8 nitrogen and oxygen atoms in total. The molecule has 10 heteroatoms. The Kier molecular flexibility index (Phi) is 8.05. The number of alkyl halides is 2. The van der Waals surface area contributed by atoms with Gasteiger partial charge in [0.25, 0.3) is 5.56 Å². The van der Waals surface area contributed by atoms with Crippen molar-refractivity contribution in [2.75, 3.05) is 6.61 Å². The standard InChI is InChI=1S/C26H33F2N3O5/c1-14(2)10-16(30-25(33)36-26(4,5)6)13-34-20-12-19-18(11-21(20)35-24(27)28)17-8-9-29-15(3)22(17)23(32)31(19)7/h8-9,11-12,14,16,24H,10,13H2,1-7H3,(H,30,33)/t16-/m0/s1. The molecule has 0 radical (unpaired) electrons. The van der Waals surface area contributed by atoms with E-state index in [2.05, 4.69) is 10.3 Å². The molecule has 3 rings (SSSR count). The molecule has 0 aliphatic carbocycles. The Morgan fingerprint density at radius 1 is 1.17 bits per heavy atom. The molecule has 0 fully saturated rings. The van der Waals surface area contributed by atoms with E-state index in [9.17, 15) is 18.4 Å². The molecule has 0 bridgehead atoms. The van der Waals surface area contributed by atoms with Crippen LogP contribution in [0.1, 0.15) is 46.7 Å². The largest absolute Gasteiger partial charge is 0.487 e. The van der Waals surface area contributed by atoms with Crippen molar-refractivity contribution in [3.63, 3.8) is 0 Å². The van der Waals surface area contributed by atoms with Crippen LogP contribution in [0.25, 0.3) is 21.7 Å². The molecular formula is C26H33F2N3O5. The maximum absolute atomic E-state index is 13.3. The highest BCUT2D eigenvalue weighted by atomic mass is 19.3. The molecule has 2 heterocycles. The molecule has 1 aromatic carbocycles. The summed E-state index contributed by atoms with van der Waals surface area (Å²) in [7, 11) is 1.60. The van der Waals surface area contributed by atoms with Gasteiger partial charge in [-0.25, -0.2) is 4.79 Å². The number of nitrogens with one attached hydrogen (secondary N) is 1. The van der Waals surface area contributed by atoms with Gasteiger partial charge >= 0.3 is 12.7 Å². The van der Waals surface area contributed by atoms with Crippen molar-refractivity contribution in [2.45, 2.75) is 66.2 Å². The molecule has 196 valence electrons. The average molecular weight is 506 g/mol. The van der Waals surface area contributed by atoms with Crippen LogP contribution in [0.2, 0.25) is 0 Å². The van der Waals surface area contributed by atoms with Crippen LogP contribution in [-0.2, 0) is 11.8 Å². The predicted octanol–water partition coefficient (Wildman–Crippen LogP) is 5.31. The van der Waals surface area contributed by atoms with Gasteiger partial charge in [0, 0.05) is 30.1 Å². The van der Waals surface area contributed by atoms with Crippen molar-refractivity contribution in [1.29, 1.82) is 0 Å². The molecule has 0 unspecified atom stereocenters. The van der Waals surface area contributed by atoms with E-state index >= 15 is 0 Å². The number of amides is 1. The third kappa shape index (κ3) is 6.41. The van der Waals surface area contributed by atoms with Crippen molar-refractivity contribution in [2.24, 2.45) is 13.0 Å². The van der Waals surface area contributed by atoms with E-state index in [1.54, 1.807) is 47.0 Å². The lowest BCUT2D eigenvalue weighted by molar-refractivity contribution is -0.0514. The second-order valence-corrected chi connectivity index (χ2v) is 10.2. The summed E-state index contributed by atoms with van der Waals surface area (Å²) in [4.78, 5) is 29.5. The van der Waals surface area contributed by atoms with E-state index in [-0.39, 0.29) is 29.6 Å². The minimum Gasteiger partial charge on any atom is -0.487 e. The zero-order chi connectivity index (χ0) is 26.8. The first-order valence-electron chi connectivity index (χ1n) is 11.8. The number of benzene rings is 1. The first-order chi connectivity index (χ1) is 16.8. The molecule has 1 atom stereocenters. The van der Waals surface area contributed by atoms with E-state index in [1.165, 1.54) is 16.7 Å². The summed E-state index contributed by atoms with van der Waals surface area (Å²) >= 11 is 0. The molecule has 3 aromatic rings. The second kappa shape index (κ2) is 10.7. The minimum atomic E-state index is -3.08. The summed E-state index contributed by atoms with van der Waals surface area (Å²) in [5.74, 6) is 0.0705. The normalized spacial score (nSPS) is 12.9. The van der Waals surface area contributed by atoms with Gasteiger partial charge in [-0.15, -0.1) is 0 Å². The third-order valence-corrected chi connectivity index (χ3v) is 5.51.